The second-order valence-corrected chi connectivity index (χ2v) is 6.39. The predicted molar refractivity (Wildman–Crippen MR) is 87.8 cm³/mol. The molecule has 0 fully saturated rings. The molecule has 0 spiro atoms. The van der Waals surface area contributed by atoms with Crippen molar-refractivity contribution >= 4 is 5.78 Å². The van der Waals surface area contributed by atoms with Gasteiger partial charge in [0.25, 0.3) is 0 Å². The lowest BCUT2D eigenvalue weighted by molar-refractivity contribution is -0.119. The molecule has 0 saturated heterocycles. The number of allylic oxidation sites excluding steroid dienone is 4. The molecule has 0 aromatic rings. The molecule has 0 amide bonds. The highest BCUT2D eigenvalue weighted by atomic mass is 16.1. The van der Waals surface area contributed by atoms with E-state index in [9.17, 15) is 4.79 Å². The highest BCUT2D eigenvalue weighted by Gasteiger charge is 2.23. The first kappa shape index (κ1) is 17.2. The van der Waals surface area contributed by atoms with Gasteiger partial charge in [-0.15, -0.1) is 0 Å². The molecule has 0 aromatic heterocycles. The summed E-state index contributed by atoms with van der Waals surface area (Å²) in [6.45, 7) is 8.60. The third-order valence-electron chi connectivity index (χ3n) is 4.54. The van der Waals surface area contributed by atoms with E-state index in [4.69, 9.17) is 0 Å². The van der Waals surface area contributed by atoms with Crippen molar-refractivity contribution in [2.45, 2.75) is 79.1 Å². The molecule has 2 atom stereocenters. The summed E-state index contributed by atoms with van der Waals surface area (Å²) < 4.78 is 0. The zero-order valence-electron chi connectivity index (χ0n) is 13.9. The van der Waals surface area contributed by atoms with E-state index in [1.165, 1.54) is 44.1 Å². The third kappa shape index (κ3) is 5.26. The highest BCUT2D eigenvalue weighted by Crippen LogP contribution is 2.30. The Hall–Kier alpha value is -0.850. The molecule has 0 saturated carbocycles. The maximum absolute atomic E-state index is 12.3. The SMILES string of the molecule is CCCCCCCC1=CC=C(C(=O)C(C)CC)C(C)C1. The Morgan fingerprint density at radius 1 is 1.20 bits per heavy atom. The van der Waals surface area contributed by atoms with Crippen molar-refractivity contribution < 1.29 is 4.79 Å². The molecule has 0 radical (unpaired) electrons. The van der Waals surface area contributed by atoms with Crippen LogP contribution in [-0.2, 0) is 4.79 Å². The van der Waals surface area contributed by atoms with Gasteiger partial charge in [0.2, 0.25) is 0 Å². The fourth-order valence-electron chi connectivity index (χ4n) is 2.88. The van der Waals surface area contributed by atoms with Crippen LogP contribution in [0, 0.1) is 11.8 Å². The van der Waals surface area contributed by atoms with Crippen LogP contribution in [0.3, 0.4) is 0 Å². The molecule has 0 aromatic carbocycles. The number of hydrogen-bond acceptors (Lipinski definition) is 1. The Morgan fingerprint density at radius 2 is 1.90 bits per heavy atom. The first-order valence-corrected chi connectivity index (χ1v) is 8.53. The zero-order chi connectivity index (χ0) is 15.0. The zero-order valence-corrected chi connectivity index (χ0v) is 13.9. The van der Waals surface area contributed by atoms with Crippen molar-refractivity contribution in [2.24, 2.45) is 11.8 Å². The number of Topliss-reactive ketones (excluding diaryl/α,β-unsaturated/α-hetero) is 1. The predicted octanol–water partition coefficient (Wildman–Crippen LogP) is 5.85. The average Bonchev–Trinajstić information content (AvgIpc) is 2.45. The van der Waals surface area contributed by atoms with Gasteiger partial charge in [0.05, 0.1) is 0 Å². The van der Waals surface area contributed by atoms with Crippen molar-refractivity contribution in [1.82, 2.24) is 0 Å². The van der Waals surface area contributed by atoms with Crippen molar-refractivity contribution in [3.05, 3.63) is 23.3 Å². The van der Waals surface area contributed by atoms with Crippen LogP contribution in [0.15, 0.2) is 23.3 Å². The number of carbonyl (C=O) groups excluding carboxylic acids is 1. The van der Waals surface area contributed by atoms with Gasteiger partial charge < -0.3 is 0 Å². The lowest BCUT2D eigenvalue weighted by Gasteiger charge is -2.23. The summed E-state index contributed by atoms with van der Waals surface area (Å²) in [6.07, 6.45) is 14.3. The van der Waals surface area contributed by atoms with Crippen LogP contribution in [0.4, 0.5) is 0 Å². The summed E-state index contributed by atoms with van der Waals surface area (Å²) in [4.78, 5) is 12.3. The molecule has 1 rings (SSSR count). The first-order valence-electron chi connectivity index (χ1n) is 8.53. The Balaban J connectivity index is 2.48. The highest BCUT2D eigenvalue weighted by molar-refractivity contribution is 5.97. The van der Waals surface area contributed by atoms with Gasteiger partial charge in [-0.3, -0.25) is 4.79 Å². The van der Waals surface area contributed by atoms with E-state index in [1.54, 1.807) is 0 Å². The lowest BCUT2D eigenvalue weighted by Crippen LogP contribution is -2.19. The van der Waals surface area contributed by atoms with Crippen LogP contribution >= 0.6 is 0 Å². The number of carbonyl (C=O) groups is 1. The number of hydrogen-bond donors (Lipinski definition) is 0. The molecular weight excluding hydrogens is 244 g/mol. The summed E-state index contributed by atoms with van der Waals surface area (Å²) in [7, 11) is 0. The number of ketones is 1. The summed E-state index contributed by atoms with van der Waals surface area (Å²) in [6, 6.07) is 0. The Bertz CT molecular complexity index is 362. The average molecular weight is 276 g/mol. The molecule has 0 aliphatic heterocycles. The van der Waals surface area contributed by atoms with Crippen molar-refractivity contribution in [3.63, 3.8) is 0 Å². The van der Waals surface area contributed by atoms with Crippen LogP contribution in [-0.4, -0.2) is 5.78 Å². The summed E-state index contributed by atoms with van der Waals surface area (Å²) in [5.74, 6) is 0.943. The summed E-state index contributed by atoms with van der Waals surface area (Å²) in [5.41, 5.74) is 2.59. The van der Waals surface area contributed by atoms with Crippen molar-refractivity contribution in [1.29, 1.82) is 0 Å². The second-order valence-electron chi connectivity index (χ2n) is 6.39. The summed E-state index contributed by atoms with van der Waals surface area (Å²) >= 11 is 0. The quantitative estimate of drug-likeness (QED) is 0.482. The fourth-order valence-corrected chi connectivity index (χ4v) is 2.88. The molecule has 1 aliphatic carbocycles. The van der Waals surface area contributed by atoms with Gasteiger partial charge in [0.1, 0.15) is 0 Å². The monoisotopic (exact) mass is 276 g/mol. The topological polar surface area (TPSA) is 17.1 Å². The maximum Gasteiger partial charge on any atom is 0.161 e. The summed E-state index contributed by atoms with van der Waals surface area (Å²) in [5, 5.41) is 0. The van der Waals surface area contributed by atoms with E-state index in [-0.39, 0.29) is 5.92 Å². The van der Waals surface area contributed by atoms with Gasteiger partial charge in [-0.1, -0.05) is 71.1 Å². The number of unbranched alkanes of at least 4 members (excludes halogenated alkanes) is 4. The van der Waals surface area contributed by atoms with Gasteiger partial charge >= 0.3 is 0 Å². The van der Waals surface area contributed by atoms with Gasteiger partial charge in [-0.05, 0) is 37.2 Å². The van der Waals surface area contributed by atoms with E-state index in [1.807, 2.05) is 6.92 Å². The Morgan fingerprint density at radius 3 is 2.50 bits per heavy atom. The van der Waals surface area contributed by atoms with E-state index >= 15 is 0 Å². The lowest BCUT2D eigenvalue weighted by atomic mass is 9.81. The van der Waals surface area contributed by atoms with Crippen LogP contribution < -0.4 is 0 Å². The molecule has 114 valence electrons. The molecule has 20 heavy (non-hydrogen) atoms. The molecule has 1 aliphatic rings. The standard InChI is InChI=1S/C19H32O/c1-5-7-8-9-10-11-17-12-13-18(16(4)14-17)19(20)15(3)6-2/h12-13,15-16H,5-11,14H2,1-4H3. The van der Waals surface area contributed by atoms with Crippen LogP contribution in [0.1, 0.15) is 79.1 Å². The van der Waals surface area contributed by atoms with Gasteiger partial charge in [-0.2, -0.15) is 0 Å². The van der Waals surface area contributed by atoms with Gasteiger partial charge in [-0.25, -0.2) is 0 Å². The molecule has 2 unspecified atom stereocenters. The molecule has 1 heteroatoms. The van der Waals surface area contributed by atoms with E-state index in [0.717, 1.165) is 18.4 Å². The first-order chi connectivity index (χ1) is 9.60. The molecule has 0 bridgehead atoms. The second kappa shape index (κ2) is 9.15. The van der Waals surface area contributed by atoms with E-state index in [0.29, 0.717) is 11.7 Å². The van der Waals surface area contributed by atoms with Crippen molar-refractivity contribution in [3.8, 4) is 0 Å². The third-order valence-corrected chi connectivity index (χ3v) is 4.54. The van der Waals surface area contributed by atoms with E-state index in [2.05, 4.69) is 32.9 Å². The van der Waals surface area contributed by atoms with E-state index < -0.39 is 0 Å². The van der Waals surface area contributed by atoms with Crippen LogP contribution in [0.2, 0.25) is 0 Å². The maximum atomic E-state index is 12.3. The van der Waals surface area contributed by atoms with Crippen molar-refractivity contribution in [2.75, 3.05) is 0 Å². The van der Waals surface area contributed by atoms with Crippen LogP contribution in [0.25, 0.3) is 0 Å². The Labute approximate surface area is 125 Å². The normalized spacial score (nSPS) is 20.3. The largest absolute Gasteiger partial charge is 0.294 e. The number of rotatable bonds is 9. The smallest absolute Gasteiger partial charge is 0.161 e. The minimum absolute atomic E-state index is 0.174. The Kier molecular flexibility index (Phi) is 7.87. The fraction of sp³-hybridized carbons (Fsp3) is 0.737. The minimum atomic E-state index is 0.174. The molecule has 0 N–H and O–H groups in total. The molecule has 0 heterocycles. The minimum Gasteiger partial charge on any atom is -0.294 e. The molecular formula is C19H32O. The molecule has 1 nitrogen and oxygen atoms in total. The van der Waals surface area contributed by atoms with Gasteiger partial charge in [0, 0.05) is 5.92 Å². The van der Waals surface area contributed by atoms with Crippen LogP contribution in [0.5, 0.6) is 0 Å². The van der Waals surface area contributed by atoms with Gasteiger partial charge in [0.15, 0.2) is 5.78 Å².